The highest BCUT2D eigenvalue weighted by molar-refractivity contribution is 5.52. The van der Waals surface area contributed by atoms with Gasteiger partial charge in [0.25, 0.3) is 6.43 Å². The van der Waals surface area contributed by atoms with Crippen LogP contribution in [0, 0.1) is 11.3 Å². The summed E-state index contributed by atoms with van der Waals surface area (Å²) >= 11 is 0. The van der Waals surface area contributed by atoms with E-state index in [0.29, 0.717) is 0 Å². The van der Waals surface area contributed by atoms with Crippen molar-refractivity contribution in [2.75, 3.05) is 12.8 Å². The average Bonchev–Trinajstić information content (AvgIpc) is 2.17. The standard InChI is InChI=1S/C8H7F2N3O/c1-14-5-2-4(3-11)6(7(9)10)13-8(5)12/h2,7H,1H3,(H2,12,13). The number of nitriles is 1. The van der Waals surface area contributed by atoms with Gasteiger partial charge >= 0.3 is 0 Å². The van der Waals surface area contributed by atoms with Gasteiger partial charge in [-0.05, 0) is 0 Å². The molecule has 4 nitrogen and oxygen atoms in total. The molecule has 6 heteroatoms. The minimum absolute atomic E-state index is 0.117. The molecule has 0 aliphatic rings. The van der Waals surface area contributed by atoms with Crippen molar-refractivity contribution in [2.24, 2.45) is 0 Å². The van der Waals surface area contributed by atoms with Crippen molar-refractivity contribution < 1.29 is 13.5 Å². The number of alkyl halides is 2. The van der Waals surface area contributed by atoms with Gasteiger partial charge in [-0.2, -0.15) is 5.26 Å². The molecule has 2 N–H and O–H groups in total. The lowest BCUT2D eigenvalue weighted by Crippen LogP contribution is -2.02. The Morgan fingerprint density at radius 1 is 1.64 bits per heavy atom. The molecule has 0 aliphatic carbocycles. The monoisotopic (exact) mass is 199 g/mol. The number of methoxy groups -OCH3 is 1. The molecule has 0 saturated carbocycles. The molecule has 0 fully saturated rings. The second-order valence-corrected chi connectivity index (χ2v) is 2.42. The molecule has 0 radical (unpaired) electrons. The van der Waals surface area contributed by atoms with Gasteiger partial charge in [0.2, 0.25) is 0 Å². The second-order valence-electron chi connectivity index (χ2n) is 2.42. The van der Waals surface area contributed by atoms with E-state index >= 15 is 0 Å². The molecule has 1 aromatic heterocycles. The number of halogens is 2. The van der Waals surface area contributed by atoms with Gasteiger partial charge in [-0.15, -0.1) is 0 Å². The lowest BCUT2D eigenvalue weighted by atomic mass is 10.2. The van der Waals surface area contributed by atoms with Crippen LogP contribution in [0.3, 0.4) is 0 Å². The average molecular weight is 199 g/mol. The summed E-state index contributed by atoms with van der Waals surface area (Å²) in [6.07, 6.45) is -2.82. The van der Waals surface area contributed by atoms with Gasteiger partial charge in [-0.3, -0.25) is 0 Å². The number of rotatable bonds is 2. The number of nitrogen functional groups attached to an aromatic ring is 1. The number of hydrogen-bond donors (Lipinski definition) is 1. The molecule has 0 saturated heterocycles. The molecule has 1 rings (SSSR count). The van der Waals surface area contributed by atoms with Crippen LogP contribution in [0.1, 0.15) is 17.7 Å². The number of ether oxygens (including phenoxy) is 1. The van der Waals surface area contributed by atoms with Crippen molar-refractivity contribution in [3.8, 4) is 11.8 Å². The molecule has 0 aromatic carbocycles. The molecular weight excluding hydrogens is 192 g/mol. The first kappa shape index (κ1) is 10.2. The van der Waals surface area contributed by atoms with Crippen molar-refractivity contribution >= 4 is 5.82 Å². The Morgan fingerprint density at radius 3 is 2.71 bits per heavy atom. The fourth-order valence-electron chi connectivity index (χ4n) is 0.943. The van der Waals surface area contributed by atoms with E-state index in [1.165, 1.54) is 7.11 Å². The molecule has 0 amide bonds. The predicted octanol–water partition coefficient (Wildman–Crippen LogP) is 1.48. The second kappa shape index (κ2) is 3.87. The van der Waals surface area contributed by atoms with E-state index in [0.717, 1.165) is 6.07 Å². The lowest BCUT2D eigenvalue weighted by molar-refractivity contribution is 0.146. The molecule has 74 valence electrons. The van der Waals surface area contributed by atoms with Crippen LogP contribution in [-0.4, -0.2) is 12.1 Å². The Hall–Kier alpha value is -1.90. The molecule has 1 aromatic rings. The third kappa shape index (κ3) is 1.71. The molecule has 0 bridgehead atoms. The van der Waals surface area contributed by atoms with Crippen molar-refractivity contribution in [1.29, 1.82) is 5.26 Å². The van der Waals surface area contributed by atoms with Crippen molar-refractivity contribution in [1.82, 2.24) is 4.98 Å². The molecular formula is C8H7F2N3O. The van der Waals surface area contributed by atoms with Crippen LogP contribution >= 0.6 is 0 Å². The molecule has 14 heavy (non-hydrogen) atoms. The summed E-state index contributed by atoms with van der Waals surface area (Å²) in [6, 6.07) is 2.74. The zero-order valence-electron chi connectivity index (χ0n) is 7.29. The fraction of sp³-hybridized carbons (Fsp3) is 0.250. The number of aromatic nitrogens is 1. The largest absolute Gasteiger partial charge is 0.493 e. The third-order valence-electron chi connectivity index (χ3n) is 1.59. The van der Waals surface area contributed by atoms with Crippen LogP contribution in [0.5, 0.6) is 5.75 Å². The summed E-state index contributed by atoms with van der Waals surface area (Å²) < 4.78 is 29.4. The SMILES string of the molecule is COc1cc(C#N)c(C(F)F)nc1N. The van der Waals surface area contributed by atoms with Gasteiger partial charge in [0.1, 0.15) is 11.8 Å². The maximum atomic E-state index is 12.3. The molecule has 0 spiro atoms. The maximum absolute atomic E-state index is 12.3. The summed E-state index contributed by atoms with van der Waals surface area (Å²) in [5.74, 6) is -0.0345. The van der Waals surface area contributed by atoms with Crippen LogP contribution < -0.4 is 10.5 Å². The Balaban J connectivity index is 3.33. The summed E-state index contributed by atoms with van der Waals surface area (Å²) in [6.45, 7) is 0. The van der Waals surface area contributed by atoms with Crippen LogP contribution in [-0.2, 0) is 0 Å². The zero-order chi connectivity index (χ0) is 10.7. The topological polar surface area (TPSA) is 71.9 Å². The van der Waals surface area contributed by atoms with Gasteiger partial charge in [-0.1, -0.05) is 0 Å². The Kier molecular flexibility index (Phi) is 2.82. The van der Waals surface area contributed by atoms with Crippen LogP contribution in [0.2, 0.25) is 0 Å². The van der Waals surface area contributed by atoms with E-state index in [2.05, 4.69) is 4.98 Å². The summed E-state index contributed by atoms with van der Waals surface area (Å²) in [5.41, 5.74) is 4.46. The lowest BCUT2D eigenvalue weighted by Gasteiger charge is -2.07. The van der Waals surface area contributed by atoms with Crippen molar-refractivity contribution in [2.45, 2.75) is 6.43 Å². The summed E-state index contributed by atoms with van der Waals surface area (Å²) in [5, 5.41) is 8.56. The highest BCUT2D eigenvalue weighted by Crippen LogP contribution is 2.27. The molecule has 0 atom stereocenters. The minimum Gasteiger partial charge on any atom is -0.493 e. The third-order valence-corrected chi connectivity index (χ3v) is 1.59. The van der Waals surface area contributed by atoms with E-state index in [-0.39, 0.29) is 17.1 Å². The van der Waals surface area contributed by atoms with E-state index in [1.807, 2.05) is 0 Å². The van der Waals surface area contributed by atoms with Crippen LogP contribution in [0.15, 0.2) is 6.07 Å². The normalized spacial score (nSPS) is 9.93. The van der Waals surface area contributed by atoms with Crippen LogP contribution in [0.4, 0.5) is 14.6 Å². The highest BCUT2D eigenvalue weighted by Gasteiger charge is 2.17. The first-order valence-electron chi connectivity index (χ1n) is 3.62. The predicted molar refractivity (Wildman–Crippen MR) is 44.9 cm³/mol. The van der Waals surface area contributed by atoms with Gasteiger partial charge in [-0.25, -0.2) is 13.8 Å². The smallest absolute Gasteiger partial charge is 0.281 e. The number of anilines is 1. The number of pyridine rings is 1. The summed E-state index contributed by atoms with van der Waals surface area (Å²) in [4.78, 5) is 3.39. The van der Waals surface area contributed by atoms with Crippen molar-refractivity contribution in [3.63, 3.8) is 0 Å². The Morgan fingerprint density at radius 2 is 2.29 bits per heavy atom. The fourth-order valence-corrected chi connectivity index (χ4v) is 0.943. The quantitative estimate of drug-likeness (QED) is 0.782. The van der Waals surface area contributed by atoms with Gasteiger partial charge in [0.05, 0.1) is 12.7 Å². The van der Waals surface area contributed by atoms with Gasteiger partial charge < -0.3 is 10.5 Å². The maximum Gasteiger partial charge on any atom is 0.281 e. The zero-order valence-corrected chi connectivity index (χ0v) is 7.29. The minimum atomic E-state index is -2.82. The first-order valence-corrected chi connectivity index (χ1v) is 3.62. The van der Waals surface area contributed by atoms with E-state index < -0.39 is 12.1 Å². The highest BCUT2D eigenvalue weighted by atomic mass is 19.3. The molecule has 0 aliphatic heterocycles. The summed E-state index contributed by atoms with van der Waals surface area (Å²) in [7, 11) is 1.32. The number of nitrogens with two attached hydrogens (primary N) is 1. The van der Waals surface area contributed by atoms with Gasteiger partial charge in [0.15, 0.2) is 11.6 Å². The number of hydrogen-bond acceptors (Lipinski definition) is 4. The molecule has 0 unspecified atom stereocenters. The Bertz CT molecular complexity index is 387. The van der Waals surface area contributed by atoms with E-state index in [1.54, 1.807) is 6.07 Å². The van der Waals surface area contributed by atoms with Crippen molar-refractivity contribution in [3.05, 3.63) is 17.3 Å². The first-order chi connectivity index (χ1) is 6.60. The molecule has 1 heterocycles. The number of nitrogens with zero attached hydrogens (tertiary/aromatic N) is 2. The van der Waals surface area contributed by atoms with E-state index in [9.17, 15) is 8.78 Å². The Labute approximate surface area is 78.9 Å². The van der Waals surface area contributed by atoms with Crippen LogP contribution in [0.25, 0.3) is 0 Å². The van der Waals surface area contributed by atoms with Gasteiger partial charge in [0, 0.05) is 6.07 Å². The van der Waals surface area contributed by atoms with E-state index in [4.69, 9.17) is 15.7 Å².